The fourth-order valence-electron chi connectivity index (χ4n) is 4.42. The molecule has 0 unspecified atom stereocenters. The highest BCUT2D eigenvalue weighted by atomic mass is 79.9. The second-order valence-corrected chi connectivity index (χ2v) is 12.1. The minimum absolute atomic E-state index is 0.227. The molecule has 0 saturated heterocycles. The molecule has 0 radical (unpaired) electrons. The van der Waals surface area contributed by atoms with Gasteiger partial charge in [-0.25, -0.2) is 4.79 Å². The van der Waals surface area contributed by atoms with Gasteiger partial charge in [-0.3, -0.25) is 9.59 Å². The molecular weight excluding hydrogens is 616 g/mol. The lowest BCUT2D eigenvalue weighted by Crippen LogP contribution is -2.23. The van der Waals surface area contributed by atoms with Crippen molar-refractivity contribution in [1.82, 2.24) is 0 Å². The molecule has 0 N–H and O–H groups in total. The Kier molecular flexibility index (Phi) is 16.2. The maximum atomic E-state index is 12.4. The number of hydrogen-bond donors (Lipinski definition) is 0. The first-order valence-corrected chi connectivity index (χ1v) is 16.0. The smallest absolute Gasteiger partial charge is 0.338 e. The number of carbonyl (C=O) groups excluding carboxylic acids is 3. The lowest BCUT2D eigenvalue weighted by molar-refractivity contribution is -0.144. The van der Waals surface area contributed by atoms with E-state index in [1.165, 1.54) is 0 Å². The van der Waals surface area contributed by atoms with Gasteiger partial charge in [0.1, 0.15) is 17.1 Å². The van der Waals surface area contributed by atoms with E-state index < -0.39 is 5.60 Å². The quantitative estimate of drug-likeness (QED) is 0.0854. The van der Waals surface area contributed by atoms with Crippen molar-refractivity contribution in [3.05, 3.63) is 57.6 Å². The molecule has 2 aromatic carbocycles. The minimum atomic E-state index is -0.568. The fourth-order valence-corrected chi connectivity index (χ4v) is 4.89. The number of hydrogen-bond acceptors (Lipinski definition) is 8. The number of esters is 3. The molecule has 0 heterocycles. The van der Waals surface area contributed by atoms with E-state index in [1.807, 2.05) is 39.0 Å². The van der Waals surface area contributed by atoms with Crippen molar-refractivity contribution < 1.29 is 38.1 Å². The maximum Gasteiger partial charge on any atom is 0.338 e. The first-order chi connectivity index (χ1) is 20.5. The van der Waals surface area contributed by atoms with E-state index in [4.69, 9.17) is 23.7 Å². The molecule has 0 aliphatic heterocycles. The van der Waals surface area contributed by atoms with Gasteiger partial charge in [0.15, 0.2) is 0 Å². The molecule has 0 aliphatic carbocycles. The summed E-state index contributed by atoms with van der Waals surface area (Å²) in [7, 11) is 0. The molecule has 0 saturated carbocycles. The van der Waals surface area contributed by atoms with Crippen molar-refractivity contribution in [3.8, 4) is 11.5 Å². The number of benzene rings is 2. The van der Waals surface area contributed by atoms with E-state index >= 15 is 0 Å². The standard InChI is InChI=1S/C34H47BrO8/c1-6-39-31(36)17-13-21-42-30-16-12-15-25(29(30)18-19-32(37)40-7-2)14-10-8-9-11-20-41-28-23-26(22-27(35)24-28)33(38)43-34(3,4)5/h12,15-16,22-24H,6-11,13-14,17-21H2,1-5H3. The van der Waals surface area contributed by atoms with Crippen molar-refractivity contribution in [3.63, 3.8) is 0 Å². The number of unbranched alkanes of at least 4 members (excludes halogenated alkanes) is 3. The molecule has 8 nitrogen and oxygen atoms in total. The summed E-state index contributed by atoms with van der Waals surface area (Å²) >= 11 is 3.45. The van der Waals surface area contributed by atoms with E-state index in [0.29, 0.717) is 57.0 Å². The lowest BCUT2D eigenvalue weighted by Gasteiger charge is -2.19. The van der Waals surface area contributed by atoms with Crippen LogP contribution < -0.4 is 9.47 Å². The van der Waals surface area contributed by atoms with Crippen molar-refractivity contribution in [2.75, 3.05) is 26.4 Å². The second kappa shape index (κ2) is 19.3. The van der Waals surface area contributed by atoms with Crippen LogP contribution in [0.25, 0.3) is 0 Å². The molecular formula is C34H47BrO8. The van der Waals surface area contributed by atoms with E-state index in [9.17, 15) is 14.4 Å². The van der Waals surface area contributed by atoms with Crippen LogP contribution in [0.2, 0.25) is 0 Å². The van der Waals surface area contributed by atoms with Gasteiger partial charge < -0.3 is 23.7 Å². The van der Waals surface area contributed by atoms with Gasteiger partial charge in [-0.1, -0.05) is 40.9 Å². The van der Waals surface area contributed by atoms with Crippen LogP contribution in [0.3, 0.4) is 0 Å². The Bertz CT molecular complexity index is 1170. The van der Waals surface area contributed by atoms with Gasteiger partial charge in [-0.15, -0.1) is 0 Å². The molecule has 0 atom stereocenters. The van der Waals surface area contributed by atoms with Crippen molar-refractivity contribution in [2.24, 2.45) is 0 Å². The first kappa shape index (κ1) is 36.1. The molecule has 2 rings (SSSR count). The summed E-state index contributed by atoms with van der Waals surface area (Å²) < 4.78 is 28.3. The van der Waals surface area contributed by atoms with Gasteiger partial charge in [-0.2, -0.15) is 0 Å². The normalized spacial score (nSPS) is 11.1. The molecule has 238 valence electrons. The van der Waals surface area contributed by atoms with Crippen LogP contribution in [0.5, 0.6) is 11.5 Å². The highest BCUT2D eigenvalue weighted by Crippen LogP contribution is 2.27. The van der Waals surface area contributed by atoms with Crippen LogP contribution in [0.15, 0.2) is 40.9 Å². The molecule has 0 amide bonds. The highest BCUT2D eigenvalue weighted by Gasteiger charge is 2.19. The zero-order valence-corrected chi connectivity index (χ0v) is 27.9. The Morgan fingerprint density at radius 2 is 1.44 bits per heavy atom. The van der Waals surface area contributed by atoms with Crippen molar-refractivity contribution in [1.29, 1.82) is 0 Å². The summed E-state index contributed by atoms with van der Waals surface area (Å²) in [6, 6.07) is 11.3. The van der Waals surface area contributed by atoms with E-state index in [-0.39, 0.29) is 24.3 Å². The van der Waals surface area contributed by atoms with Gasteiger partial charge >= 0.3 is 17.9 Å². The van der Waals surface area contributed by atoms with Crippen molar-refractivity contribution >= 4 is 33.8 Å². The molecule has 0 aromatic heterocycles. The monoisotopic (exact) mass is 662 g/mol. The second-order valence-electron chi connectivity index (χ2n) is 11.1. The molecule has 0 bridgehead atoms. The third-order valence-electron chi connectivity index (χ3n) is 6.32. The molecule has 43 heavy (non-hydrogen) atoms. The van der Waals surface area contributed by atoms with E-state index in [1.54, 1.807) is 26.0 Å². The molecule has 0 aliphatic rings. The predicted molar refractivity (Wildman–Crippen MR) is 170 cm³/mol. The highest BCUT2D eigenvalue weighted by molar-refractivity contribution is 9.10. The van der Waals surface area contributed by atoms with Gasteiger partial charge in [0.2, 0.25) is 0 Å². The Morgan fingerprint density at radius 1 is 0.767 bits per heavy atom. The summed E-state index contributed by atoms with van der Waals surface area (Å²) in [6.07, 6.45) is 6.44. The predicted octanol–water partition coefficient (Wildman–Crippen LogP) is 7.80. The van der Waals surface area contributed by atoms with Gasteiger partial charge in [0, 0.05) is 17.3 Å². The Balaban J connectivity index is 1.87. The van der Waals surface area contributed by atoms with Crippen LogP contribution in [-0.2, 0) is 36.6 Å². The summed E-state index contributed by atoms with van der Waals surface area (Å²) in [5.74, 6) is 0.537. The average Bonchev–Trinajstić information content (AvgIpc) is 2.93. The van der Waals surface area contributed by atoms with Crippen LogP contribution in [0.4, 0.5) is 0 Å². The van der Waals surface area contributed by atoms with Crippen LogP contribution in [0.1, 0.15) is 101 Å². The SMILES string of the molecule is CCOC(=O)CCCOc1cccc(CCCCCCOc2cc(Br)cc(C(=O)OC(C)(C)C)c2)c1CCC(=O)OCC. The Hall–Kier alpha value is -3.07. The average molecular weight is 664 g/mol. The summed E-state index contributed by atoms with van der Waals surface area (Å²) in [6.45, 7) is 10.8. The molecule has 0 fully saturated rings. The fraction of sp³-hybridized carbons (Fsp3) is 0.559. The largest absolute Gasteiger partial charge is 0.494 e. The van der Waals surface area contributed by atoms with Gasteiger partial charge in [-0.05, 0) is 102 Å². The number of ether oxygens (including phenoxy) is 5. The number of carbonyl (C=O) groups is 3. The number of halogens is 1. The van der Waals surface area contributed by atoms with Gasteiger partial charge in [0.25, 0.3) is 0 Å². The zero-order valence-electron chi connectivity index (χ0n) is 26.3. The minimum Gasteiger partial charge on any atom is -0.494 e. The Morgan fingerprint density at radius 3 is 2.14 bits per heavy atom. The third kappa shape index (κ3) is 14.8. The molecule has 9 heteroatoms. The summed E-state index contributed by atoms with van der Waals surface area (Å²) in [5, 5.41) is 0. The number of aryl methyl sites for hydroxylation is 1. The first-order valence-electron chi connectivity index (χ1n) is 15.2. The van der Waals surface area contributed by atoms with Gasteiger partial charge in [0.05, 0.1) is 32.0 Å². The lowest BCUT2D eigenvalue weighted by atomic mass is 9.96. The molecule has 2 aromatic rings. The van der Waals surface area contributed by atoms with E-state index in [0.717, 1.165) is 53.5 Å². The Labute approximate surface area is 264 Å². The molecule has 0 spiro atoms. The topological polar surface area (TPSA) is 97.4 Å². The van der Waals surface area contributed by atoms with Crippen LogP contribution >= 0.6 is 15.9 Å². The summed E-state index contributed by atoms with van der Waals surface area (Å²) in [5.41, 5.74) is 2.06. The van der Waals surface area contributed by atoms with E-state index in [2.05, 4.69) is 22.0 Å². The number of rotatable bonds is 19. The van der Waals surface area contributed by atoms with Crippen LogP contribution in [0, 0.1) is 0 Å². The third-order valence-corrected chi connectivity index (χ3v) is 6.78. The zero-order chi connectivity index (χ0) is 31.7. The van der Waals surface area contributed by atoms with Crippen molar-refractivity contribution in [2.45, 2.75) is 98.0 Å². The van der Waals surface area contributed by atoms with Crippen LogP contribution in [-0.4, -0.2) is 49.9 Å². The maximum absolute atomic E-state index is 12.4. The summed E-state index contributed by atoms with van der Waals surface area (Å²) in [4.78, 5) is 36.2.